The third kappa shape index (κ3) is 4.25. The molecule has 0 bridgehead atoms. The van der Waals surface area contributed by atoms with Crippen LogP contribution in [-0.2, 0) is 4.79 Å². The predicted octanol–water partition coefficient (Wildman–Crippen LogP) is 5.75. The van der Waals surface area contributed by atoms with Crippen molar-refractivity contribution in [3.8, 4) is 0 Å². The zero-order valence-corrected chi connectivity index (χ0v) is 14.9. The molecule has 1 heterocycles. The second-order valence-corrected chi connectivity index (χ2v) is 7.65. The molecule has 3 rings (SSSR count). The van der Waals surface area contributed by atoms with Gasteiger partial charge in [-0.3, -0.25) is 4.79 Å². The van der Waals surface area contributed by atoms with Crippen LogP contribution in [0, 0.1) is 5.92 Å². The highest BCUT2D eigenvalue weighted by Gasteiger charge is 2.27. The van der Waals surface area contributed by atoms with Gasteiger partial charge in [0.15, 0.2) is 5.13 Å². The lowest BCUT2D eigenvalue weighted by molar-refractivity contribution is -0.118. The molecule has 3 nitrogen and oxygen atoms in total. The first kappa shape index (κ1) is 16.7. The summed E-state index contributed by atoms with van der Waals surface area (Å²) in [5.74, 6) is 0.346. The maximum atomic E-state index is 12.8. The van der Waals surface area contributed by atoms with Crippen LogP contribution < -0.4 is 5.32 Å². The second-order valence-electron chi connectivity index (χ2n) is 5.94. The normalized spacial score (nSPS) is 16.4. The van der Waals surface area contributed by atoms with Crippen molar-refractivity contribution in [3.05, 3.63) is 45.4 Å². The van der Waals surface area contributed by atoms with E-state index in [-0.39, 0.29) is 11.8 Å². The van der Waals surface area contributed by atoms with Crippen LogP contribution in [0.4, 0.5) is 5.13 Å². The van der Waals surface area contributed by atoms with Gasteiger partial charge >= 0.3 is 0 Å². The highest BCUT2D eigenvalue weighted by atomic mass is 35.5. The largest absolute Gasteiger partial charge is 0.301 e. The van der Waals surface area contributed by atoms with Crippen molar-refractivity contribution in [1.82, 2.24) is 4.98 Å². The van der Waals surface area contributed by atoms with E-state index in [0.29, 0.717) is 21.1 Å². The van der Waals surface area contributed by atoms with Crippen molar-refractivity contribution in [3.63, 3.8) is 0 Å². The second kappa shape index (κ2) is 7.65. The van der Waals surface area contributed by atoms with Gasteiger partial charge in [-0.1, -0.05) is 55.0 Å². The molecular weight excluding hydrogens is 351 g/mol. The number of carbonyl (C=O) groups is 1. The molecule has 1 fully saturated rings. The molecule has 0 aliphatic heterocycles. The summed E-state index contributed by atoms with van der Waals surface area (Å²) >= 11 is 13.6. The third-order valence-electron chi connectivity index (χ3n) is 4.37. The van der Waals surface area contributed by atoms with Crippen LogP contribution in [0.2, 0.25) is 10.0 Å². The third-order valence-corrected chi connectivity index (χ3v) is 5.80. The molecule has 0 spiro atoms. The lowest BCUT2D eigenvalue weighted by atomic mass is 9.87. The number of aromatic nitrogens is 1. The SMILES string of the molecule is O=C(Nc1nccs1)[C@H](CC1CCCC1)c1ccc(Cl)c(Cl)c1. The minimum atomic E-state index is -0.225. The predicted molar refractivity (Wildman–Crippen MR) is 96.5 cm³/mol. The highest BCUT2D eigenvalue weighted by molar-refractivity contribution is 7.13. The molecule has 1 aliphatic rings. The smallest absolute Gasteiger partial charge is 0.233 e. The molecule has 1 aromatic heterocycles. The van der Waals surface area contributed by atoms with Gasteiger partial charge in [0.05, 0.1) is 16.0 Å². The van der Waals surface area contributed by atoms with E-state index < -0.39 is 0 Å². The minimum absolute atomic E-state index is 0.0229. The van der Waals surface area contributed by atoms with Gasteiger partial charge in [-0.25, -0.2) is 4.98 Å². The van der Waals surface area contributed by atoms with Crippen molar-refractivity contribution in [1.29, 1.82) is 0 Å². The Kier molecular flexibility index (Phi) is 5.57. The molecule has 122 valence electrons. The number of halogens is 2. The van der Waals surface area contributed by atoms with Crippen LogP contribution in [-0.4, -0.2) is 10.9 Å². The molecule has 1 aliphatic carbocycles. The number of carbonyl (C=O) groups excluding carboxylic acids is 1. The molecule has 1 saturated carbocycles. The minimum Gasteiger partial charge on any atom is -0.301 e. The highest BCUT2D eigenvalue weighted by Crippen LogP contribution is 2.36. The fraction of sp³-hybridized carbons (Fsp3) is 0.412. The maximum Gasteiger partial charge on any atom is 0.233 e. The lowest BCUT2D eigenvalue weighted by Gasteiger charge is -2.20. The van der Waals surface area contributed by atoms with Crippen molar-refractivity contribution in [2.75, 3.05) is 5.32 Å². The van der Waals surface area contributed by atoms with Crippen molar-refractivity contribution in [2.24, 2.45) is 5.92 Å². The van der Waals surface area contributed by atoms with E-state index >= 15 is 0 Å². The molecule has 1 N–H and O–H groups in total. The number of hydrogen-bond donors (Lipinski definition) is 1. The topological polar surface area (TPSA) is 42.0 Å². The number of benzene rings is 1. The van der Waals surface area contributed by atoms with E-state index in [4.69, 9.17) is 23.2 Å². The van der Waals surface area contributed by atoms with Crippen LogP contribution in [0.1, 0.15) is 43.6 Å². The number of anilines is 1. The van der Waals surface area contributed by atoms with Gasteiger partial charge in [-0.05, 0) is 30.0 Å². The van der Waals surface area contributed by atoms with Crippen LogP contribution in [0.15, 0.2) is 29.8 Å². The molecule has 1 amide bonds. The monoisotopic (exact) mass is 368 g/mol. The Labute approximate surface area is 150 Å². The number of nitrogens with one attached hydrogen (secondary N) is 1. The van der Waals surface area contributed by atoms with Gasteiger partial charge in [0.2, 0.25) is 5.91 Å². The van der Waals surface area contributed by atoms with Gasteiger partial charge in [0.25, 0.3) is 0 Å². The summed E-state index contributed by atoms with van der Waals surface area (Å²) in [5, 5.41) is 6.40. The van der Waals surface area contributed by atoms with Crippen LogP contribution in [0.3, 0.4) is 0 Å². The molecule has 0 radical (unpaired) electrons. The zero-order chi connectivity index (χ0) is 16.2. The molecule has 0 saturated heterocycles. The van der Waals surface area contributed by atoms with Gasteiger partial charge in [-0.15, -0.1) is 11.3 Å². The first-order valence-corrected chi connectivity index (χ1v) is 9.42. The summed E-state index contributed by atoms with van der Waals surface area (Å²) in [5.41, 5.74) is 0.917. The van der Waals surface area contributed by atoms with Gasteiger partial charge in [-0.2, -0.15) is 0 Å². The Bertz CT molecular complexity index is 669. The van der Waals surface area contributed by atoms with Gasteiger partial charge in [0, 0.05) is 11.6 Å². The number of hydrogen-bond acceptors (Lipinski definition) is 3. The fourth-order valence-electron chi connectivity index (χ4n) is 3.18. The summed E-state index contributed by atoms with van der Waals surface area (Å²) in [6, 6.07) is 5.47. The zero-order valence-electron chi connectivity index (χ0n) is 12.6. The summed E-state index contributed by atoms with van der Waals surface area (Å²) in [4.78, 5) is 16.9. The summed E-state index contributed by atoms with van der Waals surface area (Å²) in [6.45, 7) is 0. The van der Waals surface area contributed by atoms with Gasteiger partial charge < -0.3 is 5.32 Å². The standard InChI is InChI=1S/C17H18Cl2N2OS/c18-14-6-5-12(10-15(14)19)13(9-11-3-1-2-4-11)16(22)21-17-20-7-8-23-17/h5-8,10-11,13H,1-4,9H2,(H,20,21,22)/t13-/m1/s1. The molecular formula is C17H18Cl2N2OS. The summed E-state index contributed by atoms with van der Waals surface area (Å²) in [6.07, 6.45) is 7.44. The number of nitrogens with zero attached hydrogens (tertiary/aromatic N) is 1. The first-order valence-electron chi connectivity index (χ1n) is 7.79. The average molecular weight is 369 g/mol. The molecule has 2 aromatic rings. The van der Waals surface area contributed by atoms with E-state index in [0.717, 1.165) is 12.0 Å². The Morgan fingerprint density at radius 1 is 1.30 bits per heavy atom. The summed E-state index contributed by atoms with van der Waals surface area (Å²) in [7, 11) is 0. The van der Waals surface area contributed by atoms with E-state index in [9.17, 15) is 4.79 Å². The Morgan fingerprint density at radius 2 is 2.09 bits per heavy atom. The van der Waals surface area contributed by atoms with Crippen LogP contribution >= 0.6 is 34.5 Å². The number of rotatable bonds is 5. The summed E-state index contributed by atoms with van der Waals surface area (Å²) < 4.78 is 0. The van der Waals surface area contributed by atoms with E-state index in [1.165, 1.54) is 37.0 Å². The van der Waals surface area contributed by atoms with Crippen molar-refractivity contribution >= 4 is 45.6 Å². The molecule has 23 heavy (non-hydrogen) atoms. The fourth-order valence-corrected chi connectivity index (χ4v) is 4.02. The Hall–Kier alpha value is -1.10. The van der Waals surface area contributed by atoms with E-state index in [1.54, 1.807) is 12.3 Å². The number of amides is 1. The maximum absolute atomic E-state index is 12.8. The molecule has 6 heteroatoms. The van der Waals surface area contributed by atoms with Gasteiger partial charge in [0.1, 0.15) is 0 Å². The van der Waals surface area contributed by atoms with Crippen molar-refractivity contribution in [2.45, 2.75) is 38.0 Å². The number of thiazole rings is 1. The van der Waals surface area contributed by atoms with Crippen LogP contribution in [0.25, 0.3) is 0 Å². The molecule has 1 aromatic carbocycles. The first-order chi connectivity index (χ1) is 11.1. The average Bonchev–Trinajstić information content (AvgIpc) is 3.21. The van der Waals surface area contributed by atoms with Crippen LogP contribution in [0.5, 0.6) is 0 Å². The van der Waals surface area contributed by atoms with Crippen molar-refractivity contribution < 1.29 is 4.79 Å². The molecule has 0 unspecified atom stereocenters. The van der Waals surface area contributed by atoms with E-state index in [1.807, 2.05) is 17.5 Å². The Morgan fingerprint density at radius 3 is 2.74 bits per heavy atom. The quantitative estimate of drug-likeness (QED) is 0.729. The van der Waals surface area contributed by atoms with E-state index in [2.05, 4.69) is 10.3 Å². The lowest BCUT2D eigenvalue weighted by Crippen LogP contribution is -2.23. The molecule has 1 atom stereocenters. The Balaban J connectivity index is 1.82.